The summed E-state index contributed by atoms with van der Waals surface area (Å²) >= 11 is 0. The molecule has 0 bridgehead atoms. The highest BCUT2D eigenvalue weighted by Gasteiger charge is 2.12. The molecule has 0 aliphatic heterocycles. The summed E-state index contributed by atoms with van der Waals surface area (Å²) in [7, 11) is 1.56. The van der Waals surface area contributed by atoms with Crippen LogP contribution in [0.15, 0.2) is 59.2 Å². The number of carbonyl (C=O) groups is 1. The minimum absolute atomic E-state index is 0.132. The number of nitrogens with one attached hydrogen (secondary N) is 1. The number of amides is 1. The predicted molar refractivity (Wildman–Crippen MR) is 86.1 cm³/mol. The van der Waals surface area contributed by atoms with Gasteiger partial charge in [-0.25, -0.2) is 9.37 Å². The first-order valence-electron chi connectivity index (χ1n) is 7.31. The fourth-order valence-electron chi connectivity index (χ4n) is 2.19. The molecule has 1 aromatic heterocycles. The standard InChI is InChI=1S/C18H15FN2O3/c1-20-17(22)15-7-2-3-8-16(15)23-10-14-11-24-18(21-14)12-5-4-6-13(19)9-12/h2-9,11H,10H2,1H3,(H,20,22). The van der Waals surface area contributed by atoms with Crippen LogP contribution >= 0.6 is 0 Å². The quantitative estimate of drug-likeness (QED) is 0.780. The van der Waals surface area contributed by atoms with Crippen LogP contribution in [0.25, 0.3) is 11.5 Å². The predicted octanol–water partition coefficient (Wildman–Crippen LogP) is 3.42. The summed E-state index contributed by atoms with van der Waals surface area (Å²) in [6.07, 6.45) is 1.45. The van der Waals surface area contributed by atoms with Crippen LogP contribution in [-0.2, 0) is 6.61 Å². The maximum absolute atomic E-state index is 13.3. The van der Waals surface area contributed by atoms with Crippen LogP contribution in [0.3, 0.4) is 0 Å². The van der Waals surface area contributed by atoms with E-state index in [-0.39, 0.29) is 18.3 Å². The SMILES string of the molecule is CNC(=O)c1ccccc1OCc1coc(-c2cccc(F)c2)n1. The van der Waals surface area contributed by atoms with Crippen LogP contribution in [-0.4, -0.2) is 17.9 Å². The Balaban J connectivity index is 1.74. The highest BCUT2D eigenvalue weighted by Crippen LogP contribution is 2.22. The van der Waals surface area contributed by atoms with Gasteiger partial charge < -0.3 is 14.5 Å². The normalized spacial score (nSPS) is 10.4. The Labute approximate surface area is 138 Å². The van der Waals surface area contributed by atoms with Gasteiger partial charge in [0.15, 0.2) is 0 Å². The van der Waals surface area contributed by atoms with Gasteiger partial charge in [0.05, 0.1) is 5.56 Å². The van der Waals surface area contributed by atoms with E-state index in [1.807, 2.05) is 0 Å². The number of carbonyl (C=O) groups excluding carboxylic acids is 1. The monoisotopic (exact) mass is 326 g/mol. The minimum Gasteiger partial charge on any atom is -0.486 e. The molecule has 24 heavy (non-hydrogen) atoms. The summed E-state index contributed by atoms with van der Waals surface area (Å²) in [6.45, 7) is 0.132. The van der Waals surface area contributed by atoms with E-state index in [2.05, 4.69) is 10.3 Å². The molecular weight excluding hydrogens is 311 g/mol. The van der Waals surface area contributed by atoms with Crippen molar-refractivity contribution in [3.8, 4) is 17.2 Å². The molecule has 2 aromatic carbocycles. The van der Waals surface area contributed by atoms with Gasteiger partial charge in [-0.2, -0.15) is 0 Å². The summed E-state index contributed by atoms with van der Waals surface area (Å²) < 4.78 is 24.3. The lowest BCUT2D eigenvalue weighted by atomic mass is 10.2. The van der Waals surface area contributed by atoms with Crippen LogP contribution in [0.5, 0.6) is 5.75 Å². The van der Waals surface area contributed by atoms with Gasteiger partial charge in [0.2, 0.25) is 5.89 Å². The number of hydrogen-bond donors (Lipinski definition) is 1. The maximum atomic E-state index is 13.3. The van der Waals surface area contributed by atoms with Gasteiger partial charge in [0.25, 0.3) is 5.91 Å². The molecule has 0 radical (unpaired) electrons. The molecule has 0 atom stereocenters. The van der Waals surface area contributed by atoms with E-state index < -0.39 is 0 Å². The third kappa shape index (κ3) is 3.43. The molecule has 0 aliphatic rings. The second-order valence-electron chi connectivity index (χ2n) is 5.02. The lowest BCUT2D eigenvalue weighted by molar-refractivity contribution is 0.0958. The van der Waals surface area contributed by atoms with Gasteiger partial charge in [-0.15, -0.1) is 0 Å². The summed E-state index contributed by atoms with van der Waals surface area (Å²) in [5, 5.41) is 2.56. The Hall–Kier alpha value is -3.15. The summed E-state index contributed by atoms with van der Waals surface area (Å²) in [6, 6.07) is 12.9. The Morgan fingerprint density at radius 3 is 2.88 bits per heavy atom. The third-order valence-electron chi connectivity index (χ3n) is 3.36. The van der Waals surface area contributed by atoms with Crippen molar-refractivity contribution in [1.82, 2.24) is 10.3 Å². The van der Waals surface area contributed by atoms with Crippen LogP contribution in [0.1, 0.15) is 16.1 Å². The Bertz CT molecular complexity index is 861. The molecule has 0 fully saturated rings. The molecule has 122 valence electrons. The molecule has 0 saturated carbocycles. The fourth-order valence-corrected chi connectivity index (χ4v) is 2.19. The third-order valence-corrected chi connectivity index (χ3v) is 3.36. The van der Waals surface area contributed by atoms with Crippen LogP contribution in [0.2, 0.25) is 0 Å². The first kappa shape index (κ1) is 15.7. The van der Waals surface area contributed by atoms with E-state index in [1.54, 1.807) is 43.4 Å². The number of halogens is 1. The van der Waals surface area contributed by atoms with Crippen molar-refractivity contribution in [2.75, 3.05) is 7.05 Å². The number of benzene rings is 2. The van der Waals surface area contributed by atoms with Gasteiger partial charge in [-0.3, -0.25) is 4.79 Å². The second kappa shape index (κ2) is 6.95. The molecule has 1 N–H and O–H groups in total. The maximum Gasteiger partial charge on any atom is 0.254 e. The van der Waals surface area contributed by atoms with Crippen molar-refractivity contribution >= 4 is 5.91 Å². The van der Waals surface area contributed by atoms with Crippen LogP contribution in [0, 0.1) is 5.82 Å². The fraction of sp³-hybridized carbons (Fsp3) is 0.111. The van der Waals surface area contributed by atoms with Crippen molar-refractivity contribution in [3.63, 3.8) is 0 Å². The highest BCUT2D eigenvalue weighted by atomic mass is 19.1. The van der Waals surface area contributed by atoms with Gasteiger partial charge in [0.1, 0.15) is 30.1 Å². The van der Waals surface area contributed by atoms with Crippen LogP contribution < -0.4 is 10.1 Å². The molecule has 0 spiro atoms. The summed E-state index contributed by atoms with van der Waals surface area (Å²) in [5.74, 6) is 0.175. The van der Waals surface area contributed by atoms with E-state index in [1.165, 1.54) is 18.4 Å². The lowest BCUT2D eigenvalue weighted by Gasteiger charge is -2.08. The summed E-state index contributed by atoms with van der Waals surface area (Å²) in [5.41, 5.74) is 1.53. The summed E-state index contributed by atoms with van der Waals surface area (Å²) in [4.78, 5) is 16.1. The van der Waals surface area contributed by atoms with Crippen molar-refractivity contribution in [2.24, 2.45) is 0 Å². The van der Waals surface area contributed by atoms with Crippen molar-refractivity contribution in [2.45, 2.75) is 6.61 Å². The van der Waals surface area contributed by atoms with E-state index in [4.69, 9.17) is 9.15 Å². The number of hydrogen-bond acceptors (Lipinski definition) is 4. The zero-order valence-corrected chi connectivity index (χ0v) is 13.0. The Morgan fingerprint density at radius 2 is 2.08 bits per heavy atom. The number of ether oxygens (including phenoxy) is 1. The molecule has 0 unspecified atom stereocenters. The largest absolute Gasteiger partial charge is 0.486 e. The molecule has 0 saturated heterocycles. The van der Waals surface area contributed by atoms with Crippen molar-refractivity contribution < 1.29 is 18.3 Å². The smallest absolute Gasteiger partial charge is 0.254 e. The van der Waals surface area contributed by atoms with Gasteiger partial charge in [0, 0.05) is 12.6 Å². The Kier molecular flexibility index (Phi) is 4.56. The van der Waals surface area contributed by atoms with Gasteiger partial charge >= 0.3 is 0 Å². The molecule has 1 heterocycles. The highest BCUT2D eigenvalue weighted by molar-refractivity contribution is 5.96. The average molecular weight is 326 g/mol. The van der Waals surface area contributed by atoms with E-state index >= 15 is 0 Å². The Morgan fingerprint density at radius 1 is 1.25 bits per heavy atom. The van der Waals surface area contributed by atoms with Crippen molar-refractivity contribution in [1.29, 1.82) is 0 Å². The molecule has 0 aliphatic carbocycles. The molecular formula is C18H15FN2O3. The van der Waals surface area contributed by atoms with Crippen molar-refractivity contribution in [3.05, 3.63) is 71.9 Å². The molecule has 6 heteroatoms. The average Bonchev–Trinajstić information content (AvgIpc) is 3.08. The lowest BCUT2D eigenvalue weighted by Crippen LogP contribution is -2.18. The first-order valence-corrected chi connectivity index (χ1v) is 7.31. The number of aromatic nitrogens is 1. The topological polar surface area (TPSA) is 64.4 Å². The number of rotatable bonds is 5. The zero-order chi connectivity index (χ0) is 16.9. The number of para-hydroxylation sites is 1. The number of oxazole rings is 1. The molecule has 3 rings (SSSR count). The first-order chi connectivity index (χ1) is 11.7. The molecule has 5 nitrogen and oxygen atoms in total. The van der Waals surface area contributed by atoms with E-state index in [0.717, 1.165) is 0 Å². The van der Waals surface area contributed by atoms with Gasteiger partial charge in [-0.05, 0) is 30.3 Å². The molecule has 1 amide bonds. The minimum atomic E-state index is -0.358. The van der Waals surface area contributed by atoms with E-state index in [9.17, 15) is 9.18 Å². The van der Waals surface area contributed by atoms with E-state index in [0.29, 0.717) is 28.5 Å². The zero-order valence-electron chi connectivity index (χ0n) is 13.0. The second-order valence-corrected chi connectivity index (χ2v) is 5.02. The number of nitrogens with zero attached hydrogens (tertiary/aromatic N) is 1. The van der Waals surface area contributed by atoms with Crippen LogP contribution in [0.4, 0.5) is 4.39 Å². The molecule has 3 aromatic rings. The van der Waals surface area contributed by atoms with Gasteiger partial charge in [-0.1, -0.05) is 18.2 Å².